The molecule has 0 spiro atoms. The van der Waals surface area contributed by atoms with Crippen molar-refractivity contribution in [3.63, 3.8) is 0 Å². The molecule has 1 rings (SSSR count). The van der Waals surface area contributed by atoms with E-state index >= 15 is 0 Å². The molecule has 1 aliphatic rings. The second-order valence-electron chi connectivity index (χ2n) is 2.57. The molecule has 5 heteroatoms. The molecule has 1 heterocycles. The first-order valence-corrected chi connectivity index (χ1v) is 5.05. The van der Waals surface area contributed by atoms with Gasteiger partial charge in [-0.1, -0.05) is 6.42 Å². The average Bonchev–Trinajstić information content (AvgIpc) is 1.88. The summed E-state index contributed by atoms with van der Waals surface area (Å²) in [5.41, 5.74) is 0. The number of hydrogen-bond donors (Lipinski definition) is 0. The molecule has 11 heavy (non-hydrogen) atoms. The van der Waals surface area contributed by atoms with Crippen molar-refractivity contribution in [2.75, 3.05) is 13.1 Å². The van der Waals surface area contributed by atoms with Crippen LogP contribution in [0.1, 0.15) is 19.3 Å². The van der Waals surface area contributed by atoms with E-state index in [0.717, 1.165) is 19.3 Å². The molecule has 0 saturated carbocycles. The number of piperidine rings is 1. The Labute approximate surface area is 80.4 Å². The van der Waals surface area contributed by atoms with Gasteiger partial charge in [0.05, 0.1) is 10.0 Å². The maximum Gasteiger partial charge on any atom is 1.00 e. The van der Waals surface area contributed by atoms with E-state index in [-0.39, 0.29) is 18.9 Å². The molecule has 0 aliphatic carbocycles. The molecule has 0 aromatic heterocycles. The SMILES string of the molecule is [CH2-]S(=O)(=O)N1CCCCC1.[Li+]. The number of sulfonamides is 1. The van der Waals surface area contributed by atoms with Crippen molar-refractivity contribution in [2.24, 2.45) is 0 Å². The predicted octanol–water partition coefficient (Wildman–Crippen LogP) is -2.40. The van der Waals surface area contributed by atoms with Crippen molar-refractivity contribution < 1.29 is 27.3 Å². The van der Waals surface area contributed by atoms with E-state index in [1.165, 1.54) is 4.31 Å². The van der Waals surface area contributed by atoms with Crippen LogP contribution in [0.4, 0.5) is 0 Å². The van der Waals surface area contributed by atoms with Gasteiger partial charge in [-0.25, -0.2) is 19.0 Å². The molecule has 0 N–H and O–H groups in total. The maximum atomic E-state index is 10.8. The Morgan fingerprint density at radius 2 is 1.55 bits per heavy atom. The van der Waals surface area contributed by atoms with Crippen LogP contribution < -0.4 is 18.9 Å². The van der Waals surface area contributed by atoms with E-state index in [0.29, 0.717) is 13.1 Å². The first kappa shape index (κ1) is 11.5. The standard InChI is InChI=1S/C6H12NO2S.Li/c1-10(8,9)7-5-3-2-4-6-7;/h1-6H2;/q-1;+1. The van der Waals surface area contributed by atoms with Gasteiger partial charge in [0.15, 0.2) is 0 Å². The van der Waals surface area contributed by atoms with Crippen LogP contribution in [0.2, 0.25) is 0 Å². The molecular formula is C6H12LiNO2S. The molecule has 0 unspecified atom stereocenters. The Hall–Kier alpha value is 0.507. The van der Waals surface area contributed by atoms with Crippen LogP contribution in [0.25, 0.3) is 0 Å². The fraction of sp³-hybridized carbons (Fsp3) is 0.833. The zero-order valence-corrected chi connectivity index (χ0v) is 7.73. The van der Waals surface area contributed by atoms with Crippen molar-refractivity contribution in [3.05, 3.63) is 6.26 Å². The van der Waals surface area contributed by atoms with Crippen molar-refractivity contribution >= 4 is 10.0 Å². The third-order valence-corrected chi connectivity index (χ3v) is 2.86. The molecule has 0 aromatic carbocycles. The van der Waals surface area contributed by atoms with Gasteiger partial charge in [-0.05, 0) is 12.8 Å². The fourth-order valence-electron chi connectivity index (χ4n) is 1.14. The van der Waals surface area contributed by atoms with Crippen molar-refractivity contribution in [1.82, 2.24) is 4.31 Å². The summed E-state index contributed by atoms with van der Waals surface area (Å²) in [6, 6.07) is 0. The van der Waals surface area contributed by atoms with Crippen LogP contribution in [0, 0.1) is 6.26 Å². The summed E-state index contributed by atoms with van der Waals surface area (Å²) in [6.45, 7) is 1.32. The van der Waals surface area contributed by atoms with Gasteiger partial charge in [-0.2, -0.15) is 0 Å². The Bertz CT molecular complexity index is 197. The summed E-state index contributed by atoms with van der Waals surface area (Å²) < 4.78 is 23.0. The number of nitrogens with zero attached hydrogens (tertiary/aromatic N) is 1. The smallest absolute Gasteiger partial charge is 0.247 e. The number of hydrogen-bond acceptors (Lipinski definition) is 2. The van der Waals surface area contributed by atoms with Crippen LogP contribution >= 0.6 is 0 Å². The van der Waals surface area contributed by atoms with Gasteiger partial charge in [-0.15, -0.1) is 0 Å². The predicted molar refractivity (Wildman–Crippen MR) is 39.7 cm³/mol. The normalized spacial score (nSPS) is 20.8. The summed E-state index contributed by atoms with van der Waals surface area (Å²) in [4.78, 5) is 0. The summed E-state index contributed by atoms with van der Waals surface area (Å²) in [6.07, 6.45) is 6.20. The van der Waals surface area contributed by atoms with Crippen LogP contribution in [0.5, 0.6) is 0 Å². The van der Waals surface area contributed by atoms with E-state index in [1.54, 1.807) is 0 Å². The Morgan fingerprint density at radius 3 is 1.82 bits per heavy atom. The molecule has 0 bridgehead atoms. The Balaban J connectivity index is 0.000001000. The quantitative estimate of drug-likeness (QED) is 0.324. The molecule has 3 nitrogen and oxygen atoms in total. The van der Waals surface area contributed by atoms with Gasteiger partial charge >= 0.3 is 18.9 Å². The van der Waals surface area contributed by atoms with Gasteiger partial charge in [0.2, 0.25) is 0 Å². The van der Waals surface area contributed by atoms with E-state index in [4.69, 9.17) is 0 Å². The maximum absolute atomic E-state index is 10.8. The third-order valence-electron chi connectivity index (χ3n) is 1.71. The van der Waals surface area contributed by atoms with Gasteiger partial charge < -0.3 is 0 Å². The molecule has 0 atom stereocenters. The summed E-state index contributed by atoms with van der Waals surface area (Å²) in [7, 11) is -3.14. The van der Waals surface area contributed by atoms with E-state index < -0.39 is 10.0 Å². The first-order chi connectivity index (χ1) is 4.61. The minimum atomic E-state index is -3.14. The van der Waals surface area contributed by atoms with Gasteiger partial charge in [0.25, 0.3) is 0 Å². The van der Waals surface area contributed by atoms with Crippen molar-refractivity contribution in [3.8, 4) is 0 Å². The second-order valence-corrected chi connectivity index (χ2v) is 4.25. The largest absolute Gasteiger partial charge is 1.00 e. The molecule has 60 valence electrons. The molecule has 1 aliphatic heterocycles. The van der Waals surface area contributed by atoms with Crippen LogP contribution in [-0.4, -0.2) is 25.8 Å². The van der Waals surface area contributed by atoms with Gasteiger partial charge in [-0.3, -0.25) is 0 Å². The third kappa shape index (κ3) is 3.61. The molecule has 0 radical (unpaired) electrons. The zero-order chi connectivity index (χ0) is 7.61. The monoisotopic (exact) mass is 169 g/mol. The molecule has 0 aromatic rings. The molecule has 1 fully saturated rings. The first-order valence-electron chi connectivity index (χ1n) is 3.44. The van der Waals surface area contributed by atoms with Gasteiger partial charge in [0, 0.05) is 13.1 Å². The molecule has 0 amide bonds. The summed E-state index contributed by atoms with van der Waals surface area (Å²) in [5.74, 6) is 0. The minimum absolute atomic E-state index is 0. The van der Waals surface area contributed by atoms with Crippen LogP contribution in [0.15, 0.2) is 0 Å². The van der Waals surface area contributed by atoms with E-state index in [9.17, 15) is 8.42 Å². The topological polar surface area (TPSA) is 37.4 Å². The van der Waals surface area contributed by atoms with E-state index in [1.807, 2.05) is 0 Å². The minimum Gasteiger partial charge on any atom is -0.247 e. The van der Waals surface area contributed by atoms with Crippen molar-refractivity contribution in [1.29, 1.82) is 0 Å². The van der Waals surface area contributed by atoms with E-state index in [2.05, 4.69) is 6.26 Å². The second kappa shape index (κ2) is 4.51. The fourth-order valence-corrected chi connectivity index (χ4v) is 1.96. The Kier molecular flexibility index (Phi) is 4.72. The average molecular weight is 169 g/mol. The number of rotatable bonds is 1. The van der Waals surface area contributed by atoms with Crippen LogP contribution in [0.3, 0.4) is 0 Å². The Morgan fingerprint density at radius 1 is 1.09 bits per heavy atom. The van der Waals surface area contributed by atoms with Gasteiger partial charge in [0.1, 0.15) is 0 Å². The van der Waals surface area contributed by atoms with Crippen LogP contribution in [-0.2, 0) is 10.0 Å². The molecule has 1 saturated heterocycles. The van der Waals surface area contributed by atoms with Crippen molar-refractivity contribution in [2.45, 2.75) is 19.3 Å². The summed E-state index contributed by atoms with van der Waals surface area (Å²) in [5, 5.41) is 0. The zero-order valence-electron chi connectivity index (χ0n) is 6.91. The molecular weight excluding hydrogens is 157 g/mol. The summed E-state index contributed by atoms with van der Waals surface area (Å²) >= 11 is 0.